The lowest BCUT2D eigenvalue weighted by Gasteiger charge is -2.29. The van der Waals surface area contributed by atoms with Crippen LogP contribution in [0.15, 0.2) is 53.4 Å². The van der Waals surface area contributed by atoms with Gasteiger partial charge in [0.05, 0.1) is 4.90 Å². The average molecular weight is 359 g/mol. The van der Waals surface area contributed by atoms with Crippen LogP contribution in [0.1, 0.15) is 19.4 Å². The van der Waals surface area contributed by atoms with Crippen molar-refractivity contribution in [3.05, 3.63) is 54.1 Å². The van der Waals surface area contributed by atoms with Crippen molar-refractivity contribution in [3.8, 4) is 5.75 Å². The van der Waals surface area contributed by atoms with E-state index in [-0.39, 0.29) is 16.8 Å². The second-order valence-electron chi connectivity index (χ2n) is 6.49. The van der Waals surface area contributed by atoms with Crippen molar-refractivity contribution in [2.45, 2.75) is 37.3 Å². The van der Waals surface area contributed by atoms with E-state index in [4.69, 9.17) is 4.74 Å². The van der Waals surface area contributed by atoms with Crippen molar-refractivity contribution < 1.29 is 17.9 Å². The van der Waals surface area contributed by atoms with Gasteiger partial charge in [0.25, 0.3) is 5.91 Å². The predicted molar refractivity (Wildman–Crippen MR) is 96.7 cm³/mol. The van der Waals surface area contributed by atoms with Crippen molar-refractivity contribution in [1.82, 2.24) is 0 Å². The molecule has 0 aromatic heterocycles. The molecule has 0 fully saturated rings. The Morgan fingerprint density at radius 1 is 1.12 bits per heavy atom. The molecule has 1 aliphatic rings. The Labute approximate surface area is 148 Å². The molecule has 0 aliphatic carbocycles. The van der Waals surface area contributed by atoms with Gasteiger partial charge in [0.2, 0.25) is 0 Å². The number of sulfone groups is 1. The number of carbonyl (C=O) groups excluding carboxylic acids is 1. The summed E-state index contributed by atoms with van der Waals surface area (Å²) in [5.41, 5.74) is 1.68. The Morgan fingerprint density at radius 3 is 2.32 bits per heavy atom. The summed E-state index contributed by atoms with van der Waals surface area (Å²) in [7, 11) is -3.27. The number of anilines is 1. The van der Waals surface area contributed by atoms with E-state index in [0.29, 0.717) is 12.1 Å². The van der Waals surface area contributed by atoms with Gasteiger partial charge < -0.3 is 9.64 Å². The Hall–Kier alpha value is -2.34. The van der Waals surface area contributed by atoms with Crippen molar-refractivity contribution in [3.63, 3.8) is 0 Å². The van der Waals surface area contributed by atoms with Gasteiger partial charge in [-0.15, -0.1) is 0 Å². The highest BCUT2D eigenvalue weighted by atomic mass is 32.2. The lowest BCUT2D eigenvalue weighted by Crippen LogP contribution is -2.45. The molecule has 25 heavy (non-hydrogen) atoms. The summed E-state index contributed by atoms with van der Waals surface area (Å²) in [6.07, 6.45) is 1.14. The van der Waals surface area contributed by atoms with E-state index in [9.17, 15) is 13.2 Å². The monoisotopic (exact) mass is 359 g/mol. The molecular weight excluding hydrogens is 338 g/mol. The zero-order valence-electron chi connectivity index (χ0n) is 14.5. The standard InChI is InChI=1S/C19H21NO4S/c1-13(2)20(15-8-10-16(11-9-15)25(3,22)23)19(21)18-12-14-6-4-5-7-17(14)24-18/h4-11,13,18H,12H2,1-3H3. The van der Waals surface area contributed by atoms with E-state index in [1.54, 1.807) is 17.0 Å². The first-order valence-corrected chi connectivity index (χ1v) is 10.0. The zero-order valence-corrected chi connectivity index (χ0v) is 15.3. The summed E-state index contributed by atoms with van der Waals surface area (Å²) in [5, 5.41) is 0. The summed E-state index contributed by atoms with van der Waals surface area (Å²) in [6.45, 7) is 3.84. The summed E-state index contributed by atoms with van der Waals surface area (Å²) >= 11 is 0. The topological polar surface area (TPSA) is 63.7 Å². The van der Waals surface area contributed by atoms with Crippen LogP contribution >= 0.6 is 0 Å². The van der Waals surface area contributed by atoms with E-state index in [2.05, 4.69) is 0 Å². The molecule has 0 N–H and O–H groups in total. The maximum absolute atomic E-state index is 13.0. The smallest absolute Gasteiger partial charge is 0.268 e. The highest BCUT2D eigenvalue weighted by molar-refractivity contribution is 7.90. The Bertz CT molecular complexity index is 863. The van der Waals surface area contributed by atoms with E-state index in [1.165, 1.54) is 12.1 Å². The third-order valence-electron chi connectivity index (χ3n) is 4.22. The normalized spacial score (nSPS) is 16.4. The van der Waals surface area contributed by atoms with Crippen molar-refractivity contribution in [1.29, 1.82) is 0 Å². The summed E-state index contributed by atoms with van der Waals surface area (Å²) in [5.74, 6) is 0.621. The van der Waals surface area contributed by atoms with Gasteiger partial charge in [-0.2, -0.15) is 0 Å². The minimum Gasteiger partial charge on any atom is -0.480 e. The molecule has 0 saturated heterocycles. The largest absolute Gasteiger partial charge is 0.480 e. The molecule has 2 aromatic rings. The first-order chi connectivity index (χ1) is 11.8. The Balaban J connectivity index is 1.86. The fourth-order valence-corrected chi connectivity index (χ4v) is 3.64. The number of hydrogen-bond acceptors (Lipinski definition) is 4. The molecule has 132 valence electrons. The van der Waals surface area contributed by atoms with E-state index in [1.807, 2.05) is 38.1 Å². The number of hydrogen-bond donors (Lipinski definition) is 0. The lowest BCUT2D eigenvalue weighted by molar-refractivity contribution is -0.124. The maximum atomic E-state index is 13.0. The fourth-order valence-electron chi connectivity index (χ4n) is 3.01. The molecule has 5 nitrogen and oxygen atoms in total. The van der Waals surface area contributed by atoms with Gasteiger partial charge in [0, 0.05) is 24.4 Å². The van der Waals surface area contributed by atoms with Crippen LogP contribution in [0, 0.1) is 0 Å². The van der Waals surface area contributed by atoms with Gasteiger partial charge in [-0.1, -0.05) is 18.2 Å². The SMILES string of the molecule is CC(C)N(C(=O)C1Cc2ccccc2O1)c1ccc(S(C)(=O)=O)cc1. The molecule has 0 saturated carbocycles. The minimum absolute atomic E-state index is 0.0797. The van der Waals surface area contributed by atoms with Gasteiger partial charge in [0.15, 0.2) is 15.9 Å². The van der Waals surface area contributed by atoms with Crippen LogP contribution in [-0.2, 0) is 21.1 Å². The summed E-state index contributed by atoms with van der Waals surface area (Å²) in [4.78, 5) is 14.9. The van der Waals surface area contributed by atoms with Crippen LogP contribution in [0.25, 0.3) is 0 Å². The highest BCUT2D eigenvalue weighted by Crippen LogP contribution is 2.30. The third kappa shape index (κ3) is 3.54. The molecule has 1 heterocycles. The molecule has 6 heteroatoms. The molecule has 0 bridgehead atoms. The number of amides is 1. The molecule has 2 aromatic carbocycles. The third-order valence-corrected chi connectivity index (χ3v) is 5.35. The maximum Gasteiger partial charge on any atom is 0.268 e. The van der Waals surface area contributed by atoms with Crippen LogP contribution < -0.4 is 9.64 Å². The number of carbonyl (C=O) groups is 1. The van der Waals surface area contributed by atoms with Crippen molar-refractivity contribution >= 4 is 21.4 Å². The summed E-state index contributed by atoms with van der Waals surface area (Å²) < 4.78 is 29.0. The van der Waals surface area contributed by atoms with Crippen molar-refractivity contribution in [2.75, 3.05) is 11.2 Å². The van der Waals surface area contributed by atoms with Crippen LogP contribution in [-0.4, -0.2) is 32.7 Å². The first kappa shape index (κ1) is 17.5. The van der Waals surface area contributed by atoms with Crippen molar-refractivity contribution in [2.24, 2.45) is 0 Å². The second kappa shape index (κ2) is 6.52. The number of benzene rings is 2. The Morgan fingerprint density at radius 2 is 1.76 bits per heavy atom. The summed E-state index contributed by atoms with van der Waals surface area (Å²) in [6, 6.07) is 13.9. The van der Waals surface area contributed by atoms with E-state index < -0.39 is 15.9 Å². The van der Waals surface area contributed by atoms with Gasteiger partial charge in [-0.05, 0) is 49.7 Å². The van der Waals surface area contributed by atoms with Crippen LogP contribution in [0.2, 0.25) is 0 Å². The van der Waals surface area contributed by atoms with Gasteiger partial charge >= 0.3 is 0 Å². The molecule has 3 rings (SSSR count). The fraction of sp³-hybridized carbons (Fsp3) is 0.316. The molecule has 1 atom stereocenters. The van der Waals surface area contributed by atoms with Gasteiger partial charge in [0.1, 0.15) is 5.75 Å². The van der Waals surface area contributed by atoms with Crippen LogP contribution in [0.3, 0.4) is 0 Å². The molecule has 1 unspecified atom stereocenters. The number of ether oxygens (including phenoxy) is 1. The van der Waals surface area contributed by atoms with Gasteiger partial charge in [-0.25, -0.2) is 8.42 Å². The van der Waals surface area contributed by atoms with E-state index in [0.717, 1.165) is 17.6 Å². The molecule has 1 aliphatic heterocycles. The highest BCUT2D eigenvalue weighted by Gasteiger charge is 2.34. The Kier molecular flexibility index (Phi) is 4.56. The van der Waals surface area contributed by atoms with Gasteiger partial charge in [-0.3, -0.25) is 4.79 Å². The minimum atomic E-state index is -3.27. The quantitative estimate of drug-likeness (QED) is 0.842. The number of para-hydroxylation sites is 1. The van der Waals surface area contributed by atoms with Crippen LogP contribution in [0.5, 0.6) is 5.75 Å². The molecule has 1 amide bonds. The van der Waals surface area contributed by atoms with Crippen LogP contribution in [0.4, 0.5) is 5.69 Å². The first-order valence-electron chi connectivity index (χ1n) is 8.15. The number of fused-ring (bicyclic) bond motifs is 1. The lowest BCUT2D eigenvalue weighted by atomic mass is 10.1. The number of nitrogens with zero attached hydrogens (tertiary/aromatic N) is 1. The average Bonchev–Trinajstić information content (AvgIpc) is 2.98. The second-order valence-corrected chi connectivity index (χ2v) is 8.50. The molecular formula is C19H21NO4S. The predicted octanol–water partition coefficient (Wildman–Crippen LogP) is 2.84. The molecule has 0 spiro atoms. The number of rotatable bonds is 4. The van der Waals surface area contributed by atoms with E-state index >= 15 is 0 Å². The zero-order chi connectivity index (χ0) is 18.2. The molecule has 0 radical (unpaired) electrons.